The highest BCUT2D eigenvalue weighted by Gasteiger charge is 2.17. The molecular formula is C11H11N3O3. The molecule has 0 saturated heterocycles. The molecule has 1 aromatic heterocycles. The van der Waals surface area contributed by atoms with Crippen molar-refractivity contribution >= 4 is 22.9 Å². The fourth-order valence-electron chi connectivity index (χ4n) is 1.52. The molecule has 0 bridgehead atoms. The third-order valence-corrected chi connectivity index (χ3v) is 2.35. The number of carboxylic acids is 1. The van der Waals surface area contributed by atoms with E-state index in [1.54, 1.807) is 26.2 Å². The van der Waals surface area contributed by atoms with Crippen LogP contribution in [0, 0.1) is 0 Å². The normalized spacial score (nSPS) is 10.5. The van der Waals surface area contributed by atoms with Crippen LogP contribution in [-0.4, -0.2) is 45.9 Å². The highest BCUT2D eigenvalue weighted by molar-refractivity contribution is 6.03. The molecule has 2 aromatic rings. The lowest BCUT2D eigenvalue weighted by atomic mass is 10.2. The second-order valence-electron chi connectivity index (χ2n) is 3.79. The topological polar surface area (TPSA) is 86.3 Å². The molecule has 0 aliphatic rings. The Morgan fingerprint density at radius 1 is 1.35 bits per heavy atom. The largest absolute Gasteiger partial charge is 0.478 e. The molecule has 17 heavy (non-hydrogen) atoms. The Bertz CT molecular complexity index is 601. The Hall–Kier alpha value is -2.37. The van der Waals surface area contributed by atoms with Crippen molar-refractivity contribution < 1.29 is 14.7 Å². The Labute approximate surface area is 96.9 Å². The number of nitrogens with one attached hydrogen (secondary N) is 1. The SMILES string of the molecule is CN(C)C(=O)c1nc2c(C(=O)O)cccc2[nH]1. The molecule has 0 aliphatic carbocycles. The minimum absolute atomic E-state index is 0.0801. The Morgan fingerprint density at radius 2 is 2.06 bits per heavy atom. The average Bonchev–Trinajstić information content (AvgIpc) is 2.70. The van der Waals surface area contributed by atoms with Crippen LogP contribution in [0.1, 0.15) is 21.0 Å². The van der Waals surface area contributed by atoms with Gasteiger partial charge in [-0.3, -0.25) is 4.79 Å². The van der Waals surface area contributed by atoms with Gasteiger partial charge in [-0.15, -0.1) is 0 Å². The van der Waals surface area contributed by atoms with Crippen molar-refractivity contribution in [2.24, 2.45) is 0 Å². The van der Waals surface area contributed by atoms with Crippen LogP contribution in [-0.2, 0) is 0 Å². The molecule has 0 radical (unpaired) electrons. The van der Waals surface area contributed by atoms with Crippen molar-refractivity contribution in [3.8, 4) is 0 Å². The molecule has 0 saturated carbocycles. The number of para-hydroxylation sites is 1. The van der Waals surface area contributed by atoms with Crippen LogP contribution >= 0.6 is 0 Å². The van der Waals surface area contributed by atoms with E-state index in [-0.39, 0.29) is 17.3 Å². The fourth-order valence-corrected chi connectivity index (χ4v) is 1.52. The number of rotatable bonds is 2. The van der Waals surface area contributed by atoms with Crippen molar-refractivity contribution in [1.82, 2.24) is 14.9 Å². The van der Waals surface area contributed by atoms with Gasteiger partial charge in [-0.05, 0) is 12.1 Å². The highest BCUT2D eigenvalue weighted by Crippen LogP contribution is 2.16. The maximum Gasteiger partial charge on any atom is 0.337 e. The van der Waals surface area contributed by atoms with Crippen molar-refractivity contribution in [3.63, 3.8) is 0 Å². The minimum atomic E-state index is -1.06. The second-order valence-corrected chi connectivity index (χ2v) is 3.79. The molecule has 0 spiro atoms. The van der Waals surface area contributed by atoms with E-state index in [1.807, 2.05) is 0 Å². The first-order valence-corrected chi connectivity index (χ1v) is 4.94. The van der Waals surface area contributed by atoms with E-state index >= 15 is 0 Å². The van der Waals surface area contributed by atoms with Gasteiger partial charge in [0.05, 0.1) is 11.1 Å². The van der Waals surface area contributed by atoms with Gasteiger partial charge in [0, 0.05) is 14.1 Å². The summed E-state index contributed by atoms with van der Waals surface area (Å²) in [6.07, 6.45) is 0. The van der Waals surface area contributed by atoms with Crippen molar-refractivity contribution in [2.75, 3.05) is 14.1 Å². The monoisotopic (exact) mass is 233 g/mol. The maximum atomic E-state index is 11.7. The fraction of sp³-hybridized carbons (Fsp3) is 0.182. The Balaban J connectivity index is 2.62. The molecular weight excluding hydrogens is 222 g/mol. The molecule has 0 aliphatic heterocycles. The molecule has 88 valence electrons. The summed E-state index contributed by atoms with van der Waals surface area (Å²) in [7, 11) is 3.21. The lowest BCUT2D eigenvalue weighted by Crippen LogP contribution is -2.22. The predicted molar refractivity (Wildman–Crippen MR) is 61.1 cm³/mol. The number of nitrogens with zero attached hydrogens (tertiary/aromatic N) is 2. The average molecular weight is 233 g/mol. The van der Waals surface area contributed by atoms with Crippen LogP contribution in [0.25, 0.3) is 11.0 Å². The number of aromatic nitrogens is 2. The van der Waals surface area contributed by atoms with E-state index in [0.717, 1.165) is 0 Å². The van der Waals surface area contributed by atoms with E-state index in [2.05, 4.69) is 9.97 Å². The van der Waals surface area contributed by atoms with Gasteiger partial charge < -0.3 is 15.0 Å². The summed E-state index contributed by atoms with van der Waals surface area (Å²) in [6, 6.07) is 4.74. The zero-order valence-electron chi connectivity index (χ0n) is 9.39. The number of benzene rings is 1. The molecule has 0 atom stereocenters. The first-order valence-electron chi connectivity index (χ1n) is 4.94. The van der Waals surface area contributed by atoms with Gasteiger partial charge >= 0.3 is 5.97 Å². The lowest BCUT2D eigenvalue weighted by Gasteiger charge is -2.06. The van der Waals surface area contributed by atoms with Crippen LogP contribution < -0.4 is 0 Å². The lowest BCUT2D eigenvalue weighted by molar-refractivity contribution is 0.0698. The minimum Gasteiger partial charge on any atom is -0.478 e. The van der Waals surface area contributed by atoms with E-state index in [4.69, 9.17) is 5.11 Å². The number of hydrogen-bond donors (Lipinski definition) is 2. The van der Waals surface area contributed by atoms with Gasteiger partial charge in [-0.25, -0.2) is 9.78 Å². The summed E-state index contributed by atoms with van der Waals surface area (Å²) in [5, 5.41) is 8.99. The summed E-state index contributed by atoms with van der Waals surface area (Å²) in [6.45, 7) is 0. The van der Waals surface area contributed by atoms with Crippen LogP contribution in [0.15, 0.2) is 18.2 Å². The molecule has 1 aromatic carbocycles. The molecule has 6 nitrogen and oxygen atoms in total. The van der Waals surface area contributed by atoms with Crippen LogP contribution in [0.5, 0.6) is 0 Å². The number of H-pyrrole nitrogens is 1. The maximum absolute atomic E-state index is 11.7. The number of aromatic carboxylic acids is 1. The van der Waals surface area contributed by atoms with Gasteiger partial charge in [-0.1, -0.05) is 6.07 Å². The summed E-state index contributed by atoms with van der Waals surface area (Å²) < 4.78 is 0. The van der Waals surface area contributed by atoms with Crippen LogP contribution in [0.3, 0.4) is 0 Å². The number of carbonyl (C=O) groups is 2. The van der Waals surface area contributed by atoms with E-state index < -0.39 is 5.97 Å². The van der Waals surface area contributed by atoms with Crippen molar-refractivity contribution in [1.29, 1.82) is 0 Å². The summed E-state index contributed by atoms with van der Waals surface area (Å²) >= 11 is 0. The third-order valence-electron chi connectivity index (χ3n) is 2.35. The quantitative estimate of drug-likeness (QED) is 0.809. The summed E-state index contributed by atoms with van der Waals surface area (Å²) in [5.41, 5.74) is 0.914. The first-order chi connectivity index (χ1) is 8.00. The van der Waals surface area contributed by atoms with E-state index in [0.29, 0.717) is 11.0 Å². The number of carbonyl (C=O) groups excluding carboxylic acids is 1. The predicted octanol–water partition coefficient (Wildman–Crippen LogP) is 0.963. The zero-order valence-corrected chi connectivity index (χ0v) is 9.39. The van der Waals surface area contributed by atoms with Gasteiger partial charge in [0.15, 0.2) is 5.82 Å². The van der Waals surface area contributed by atoms with E-state index in [9.17, 15) is 9.59 Å². The number of carboxylic acid groups (broad SMARTS) is 1. The zero-order chi connectivity index (χ0) is 12.6. The molecule has 1 amide bonds. The second kappa shape index (κ2) is 3.89. The molecule has 6 heteroatoms. The number of amides is 1. The Morgan fingerprint density at radius 3 is 2.65 bits per heavy atom. The number of imidazole rings is 1. The van der Waals surface area contributed by atoms with Gasteiger partial charge in [0.25, 0.3) is 5.91 Å². The van der Waals surface area contributed by atoms with Gasteiger partial charge in [0.1, 0.15) is 5.52 Å². The van der Waals surface area contributed by atoms with Crippen LogP contribution in [0.4, 0.5) is 0 Å². The first kappa shape index (κ1) is 11.1. The van der Waals surface area contributed by atoms with Crippen LogP contribution in [0.2, 0.25) is 0 Å². The standard InChI is InChI=1S/C11H11N3O3/c1-14(2)10(15)9-12-7-5-3-4-6(11(16)17)8(7)13-9/h3-5H,1-2H3,(H,12,13)(H,16,17). The molecule has 2 rings (SSSR count). The number of aromatic amines is 1. The molecule has 0 fully saturated rings. The van der Waals surface area contributed by atoms with E-state index in [1.165, 1.54) is 11.0 Å². The number of hydrogen-bond acceptors (Lipinski definition) is 3. The summed E-state index contributed by atoms with van der Waals surface area (Å²) in [5.74, 6) is -1.22. The van der Waals surface area contributed by atoms with Gasteiger partial charge in [-0.2, -0.15) is 0 Å². The molecule has 0 unspecified atom stereocenters. The third kappa shape index (κ3) is 1.84. The van der Waals surface area contributed by atoms with Gasteiger partial charge in [0.2, 0.25) is 0 Å². The summed E-state index contributed by atoms with van der Waals surface area (Å²) in [4.78, 5) is 30.9. The molecule has 2 N–H and O–H groups in total. The smallest absolute Gasteiger partial charge is 0.337 e. The van der Waals surface area contributed by atoms with Crippen molar-refractivity contribution in [3.05, 3.63) is 29.6 Å². The highest BCUT2D eigenvalue weighted by atomic mass is 16.4. The Kier molecular flexibility index (Phi) is 2.55. The van der Waals surface area contributed by atoms with Crippen molar-refractivity contribution in [2.45, 2.75) is 0 Å². The number of fused-ring (bicyclic) bond motifs is 1. The molecule has 1 heterocycles.